The van der Waals surface area contributed by atoms with Crippen LogP contribution >= 0.6 is 23.4 Å². The van der Waals surface area contributed by atoms with Crippen LogP contribution in [0.25, 0.3) is 5.69 Å². The molecule has 1 amide bonds. The highest BCUT2D eigenvalue weighted by atomic mass is 35.5. The highest BCUT2D eigenvalue weighted by Gasteiger charge is 2.22. The molecule has 0 bridgehead atoms. The average molecular weight is 485 g/mol. The van der Waals surface area contributed by atoms with Crippen molar-refractivity contribution < 1.29 is 4.79 Å². The minimum absolute atomic E-state index is 0.0508. The molecule has 0 radical (unpaired) electrons. The van der Waals surface area contributed by atoms with Crippen LogP contribution in [0.15, 0.2) is 53.7 Å². The van der Waals surface area contributed by atoms with Gasteiger partial charge in [0.1, 0.15) is 0 Å². The van der Waals surface area contributed by atoms with E-state index in [0.717, 1.165) is 35.0 Å². The first kappa shape index (κ1) is 25.3. The molecule has 1 atom stereocenters. The lowest BCUT2D eigenvalue weighted by Gasteiger charge is -2.18. The Morgan fingerprint density at radius 1 is 1.09 bits per heavy atom. The summed E-state index contributed by atoms with van der Waals surface area (Å²) in [5, 5.41) is 13.5. The van der Waals surface area contributed by atoms with Crippen molar-refractivity contribution in [1.82, 2.24) is 20.1 Å². The Kier molecular flexibility index (Phi) is 9.82. The Bertz CT molecular complexity index is 1040. The molecule has 0 aliphatic heterocycles. The van der Waals surface area contributed by atoms with Gasteiger partial charge in [-0.2, -0.15) is 0 Å². The lowest BCUT2D eigenvalue weighted by molar-refractivity contribution is -0.121. The maximum Gasteiger partial charge on any atom is 0.220 e. The van der Waals surface area contributed by atoms with Crippen LogP contribution in [0.5, 0.6) is 0 Å². The van der Waals surface area contributed by atoms with E-state index < -0.39 is 0 Å². The summed E-state index contributed by atoms with van der Waals surface area (Å²) in [6.07, 6.45) is 6.15. The van der Waals surface area contributed by atoms with Crippen LogP contribution in [0, 0.1) is 6.92 Å². The molecule has 0 fully saturated rings. The van der Waals surface area contributed by atoms with E-state index in [1.165, 1.54) is 24.8 Å². The van der Waals surface area contributed by atoms with Crippen molar-refractivity contribution in [2.24, 2.45) is 0 Å². The van der Waals surface area contributed by atoms with Gasteiger partial charge in [-0.05, 0) is 43.5 Å². The first-order chi connectivity index (χ1) is 16.0. The van der Waals surface area contributed by atoms with Crippen LogP contribution in [0.1, 0.15) is 75.4 Å². The summed E-state index contributed by atoms with van der Waals surface area (Å²) in [5.41, 5.74) is 3.21. The van der Waals surface area contributed by atoms with E-state index in [9.17, 15) is 4.79 Å². The molecule has 0 aliphatic rings. The third-order valence-corrected chi connectivity index (χ3v) is 6.79. The maximum atomic E-state index is 12.6. The van der Waals surface area contributed by atoms with Crippen LogP contribution in [0.4, 0.5) is 0 Å². The van der Waals surface area contributed by atoms with E-state index in [-0.39, 0.29) is 11.9 Å². The minimum atomic E-state index is -0.273. The molecule has 1 unspecified atom stereocenters. The van der Waals surface area contributed by atoms with Crippen molar-refractivity contribution in [3.63, 3.8) is 0 Å². The average Bonchev–Trinajstić information content (AvgIpc) is 3.23. The molecule has 7 heteroatoms. The van der Waals surface area contributed by atoms with Crippen molar-refractivity contribution in [3.05, 3.63) is 70.5 Å². The van der Waals surface area contributed by atoms with Crippen molar-refractivity contribution in [2.45, 2.75) is 76.2 Å². The Hall–Kier alpha value is -2.31. The number of nitrogens with one attached hydrogen (secondary N) is 1. The zero-order valence-corrected chi connectivity index (χ0v) is 21.3. The molecule has 5 nitrogen and oxygen atoms in total. The number of benzene rings is 2. The number of amides is 1. The number of carbonyl (C=O) groups excluding carboxylic acids is 1. The molecular weight excluding hydrogens is 452 g/mol. The van der Waals surface area contributed by atoms with E-state index >= 15 is 0 Å². The minimum Gasteiger partial charge on any atom is -0.346 e. The van der Waals surface area contributed by atoms with Gasteiger partial charge in [0.05, 0.1) is 11.7 Å². The van der Waals surface area contributed by atoms with Gasteiger partial charge in [-0.1, -0.05) is 92.4 Å². The van der Waals surface area contributed by atoms with Gasteiger partial charge in [0.15, 0.2) is 11.0 Å². The molecule has 0 aliphatic carbocycles. The number of hydrogen-bond donors (Lipinski definition) is 1. The third kappa shape index (κ3) is 7.34. The molecule has 176 valence electrons. The smallest absolute Gasteiger partial charge is 0.220 e. The first-order valence-electron chi connectivity index (χ1n) is 11.7. The van der Waals surface area contributed by atoms with E-state index in [2.05, 4.69) is 34.6 Å². The van der Waals surface area contributed by atoms with Crippen molar-refractivity contribution >= 4 is 29.3 Å². The summed E-state index contributed by atoms with van der Waals surface area (Å²) in [5.74, 6) is 1.53. The fourth-order valence-electron chi connectivity index (χ4n) is 3.69. The fourth-order valence-corrected chi connectivity index (χ4v) is 4.77. The van der Waals surface area contributed by atoms with E-state index in [0.29, 0.717) is 17.3 Å². The lowest BCUT2D eigenvalue weighted by Crippen LogP contribution is -2.28. The second-order valence-electron chi connectivity index (χ2n) is 8.33. The molecule has 0 spiro atoms. The van der Waals surface area contributed by atoms with E-state index in [1.54, 1.807) is 11.8 Å². The molecule has 1 aromatic heterocycles. The zero-order chi connectivity index (χ0) is 23.6. The molecule has 1 heterocycles. The molecular formula is C26H33ClN4OS. The number of aryl methyl sites for hydroxylation is 1. The Labute approximate surface area is 206 Å². The standard InChI is InChI=1S/C26H33ClN4OS/c1-4-5-6-7-11-14-24(32)28-20(3)25-29-30-26(33-18-21-12-9-8-10-13-21)31(25)23-17-22(27)16-15-19(23)2/h8-10,12-13,15-17,20H,4-7,11,14,18H2,1-3H3,(H,28,32). The number of carbonyl (C=O) groups is 1. The van der Waals surface area contributed by atoms with Crippen LogP contribution in [-0.2, 0) is 10.5 Å². The zero-order valence-electron chi connectivity index (χ0n) is 19.7. The molecule has 0 saturated carbocycles. The number of halogens is 1. The number of thioether (sulfide) groups is 1. The molecule has 3 rings (SSSR count). The predicted octanol–water partition coefficient (Wildman–Crippen LogP) is 7.06. The molecule has 0 saturated heterocycles. The van der Waals surface area contributed by atoms with Gasteiger partial charge in [-0.25, -0.2) is 0 Å². The lowest BCUT2D eigenvalue weighted by atomic mass is 10.1. The van der Waals surface area contributed by atoms with Crippen LogP contribution in [-0.4, -0.2) is 20.7 Å². The van der Waals surface area contributed by atoms with Crippen molar-refractivity contribution in [3.8, 4) is 5.69 Å². The van der Waals surface area contributed by atoms with Crippen LogP contribution in [0.2, 0.25) is 5.02 Å². The largest absolute Gasteiger partial charge is 0.346 e. The molecule has 2 aromatic carbocycles. The van der Waals surface area contributed by atoms with E-state index in [1.807, 2.05) is 54.8 Å². The number of unbranched alkanes of at least 4 members (excludes halogenated alkanes) is 4. The van der Waals surface area contributed by atoms with Gasteiger partial charge in [-0.3, -0.25) is 9.36 Å². The summed E-state index contributed by atoms with van der Waals surface area (Å²) in [6.45, 7) is 6.19. The quantitative estimate of drug-likeness (QED) is 0.221. The van der Waals surface area contributed by atoms with Gasteiger partial charge in [-0.15, -0.1) is 10.2 Å². The Balaban J connectivity index is 1.79. The number of hydrogen-bond acceptors (Lipinski definition) is 4. The summed E-state index contributed by atoms with van der Waals surface area (Å²) in [4.78, 5) is 12.6. The van der Waals surface area contributed by atoms with Crippen LogP contribution in [0.3, 0.4) is 0 Å². The summed E-state index contributed by atoms with van der Waals surface area (Å²) < 4.78 is 2.03. The molecule has 3 aromatic rings. The Morgan fingerprint density at radius 3 is 2.61 bits per heavy atom. The first-order valence-corrected chi connectivity index (χ1v) is 13.0. The number of rotatable bonds is 12. The SMILES string of the molecule is CCCCCCCC(=O)NC(C)c1nnc(SCc2ccccc2)n1-c1cc(Cl)ccc1C. The van der Waals surface area contributed by atoms with Crippen LogP contribution < -0.4 is 5.32 Å². The van der Waals surface area contributed by atoms with Gasteiger partial charge in [0, 0.05) is 17.2 Å². The maximum absolute atomic E-state index is 12.6. The van der Waals surface area contributed by atoms with Crippen molar-refractivity contribution in [2.75, 3.05) is 0 Å². The topological polar surface area (TPSA) is 59.8 Å². The van der Waals surface area contributed by atoms with E-state index in [4.69, 9.17) is 11.6 Å². The summed E-state index contributed by atoms with van der Waals surface area (Å²) in [6, 6.07) is 15.8. The van der Waals surface area contributed by atoms with Gasteiger partial charge in [0.25, 0.3) is 0 Å². The van der Waals surface area contributed by atoms with Gasteiger partial charge in [0.2, 0.25) is 5.91 Å². The summed E-state index contributed by atoms with van der Waals surface area (Å²) >= 11 is 7.96. The monoisotopic (exact) mass is 484 g/mol. The van der Waals surface area contributed by atoms with Crippen molar-refractivity contribution in [1.29, 1.82) is 0 Å². The highest BCUT2D eigenvalue weighted by molar-refractivity contribution is 7.98. The molecule has 33 heavy (non-hydrogen) atoms. The summed E-state index contributed by atoms with van der Waals surface area (Å²) in [7, 11) is 0. The molecule has 1 N–H and O–H groups in total. The second-order valence-corrected chi connectivity index (χ2v) is 9.71. The van der Waals surface area contributed by atoms with Gasteiger partial charge >= 0.3 is 0 Å². The normalized spacial score (nSPS) is 12.0. The predicted molar refractivity (Wildman–Crippen MR) is 137 cm³/mol. The number of aromatic nitrogens is 3. The fraction of sp³-hybridized carbons (Fsp3) is 0.423. The third-order valence-electron chi connectivity index (χ3n) is 5.55. The highest BCUT2D eigenvalue weighted by Crippen LogP contribution is 2.30. The van der Waals surface area contributed by atoms with Gasteiger partial charge < -0.3 is 5.32 Å². The number of nitrogens with zero attached hydrogens (tertiary/aromatic N) is 3. The Morgan fingerprint density at radius 2 is 1.85 bits per heavy atom. The second kappa shape index (κ2) is 12.8.